The standard InChI is InChI=1S/C15H13FO4/c1-19-12-8-7-11(13(14(12)16)15(17)18)20-9-10-5-3-2-4-6-10/h2-8H,9H2,1H3,(H,17,18). The number of halogens is 1. The first-order valence-corrected chi connectivity index (χ1v) is 5.90. The van der Waals surface area contributed by atoms with Gasteiger partial charge in [-0.25, -0.2) is 9.18 Å². The lowest BCUT2D eigenvalue weighted by atomic mass is 10.1. The molecule has 0 saturated heterocycles. The molecule has 2 aromatic carbocycles. The van der Waals surface area contributed by atoms with Crippen molar-refractivity contribution in [3.63, 3.8) is 0 Å². The molecule has 5 heteroatoms. The monoisotopic (exact) mass is 276 g/mol. The molecule has 0 heterocycles. The molecule has 2 aromatic rings. The molecule has 0 aliphatic carbocycles. The van der Waals surface area contributed by atoms with Crippen LogP contribution in [0.15, 0.2) is 42.5 Å². The fourth-order valence-electron chi connectivity index (χ4n) is 1.75. The van der Waals surface area contributed by atoms with E-state index in [1.807, 2.05) is 30.3 Å². The van der Waals surface area contributed by atoms with Crippen molar-refractivity contribution in [3.05, 3.63) is 59.4 Å². The summed E-state index contributed by atoms with van der Waals surface area (Å²) in [5, 5.41) is 9.09. The predicted molar refractivity (Wildman–Crippen MR) is 70.7 cm³/mol. The van der Waals surface area contributed by atoms with Crippen molar-refractivity contribution in [2.24, 2.45) is 0 Å². The summed E-state index contributed by atoms with van der Waals surface area (Å²) >= 11 is 0. The van der Waals surface area contributed by atoms with Crippen molar-refractivity contribution >= 4 is 5.97 Å². The molecule has 0 saturated carbocycles. The normalized spacial score (nSPS) is 10.1. The van der Waals surface area contributed by atoms with E-state index in [1.165, 1.54) is 19.2 Å². The second-order valence-corrected chi connectivity index (χ2v) is 4.03. The Hall–Kier alpha value is -2.56. The number of ether oxygens (including phenoxy) is 2. The zero-order chi connectivity index (χ0) is 14.5. The molecular weight excluding hydrogens is 263 g/mol. The van der Waals surface area contributed by atoms with E-state index in [0.717, 1.165) is 5.56 Å². The summed E-state index contributed by atoms with van der Waals surface area (Å²) in [4.78, 5) is 11.1. The topological polar surface area (TPSA) is 55.8 Å². The third kappa shape index (κ3) is 2.88. The van der Waals surface area contributed by atoms with Gasteiger partial charge in [0.05, 0.1) is 7.11 Å². The maximum absolute atomic E-state index is 13.9. The molecular formula is C15H13FO4. The van der Waals surface area contributed by atoms with E-state index in [-0.39, 0.29) is 18.1 Å². The molecule has 0 amide bonds. The van der Waals surface area contributed by atoms with Gasteiger partial charge in [-0.05, 0) is 17.7 Å². The molecule has 4 nitrogen and oxygen atoms in total. The number of benzene rings is 2. The highest BCUT2D eigenvalue weighted by molar-refractivity contribution is 5.91. The summed E-state index contributed by atoms with van der Waals surface area (Å²) in [5.41, 5.74) is 0.334. The van der Waals surface area contributed by atoms with Crippen LogP contribution in [0.1, 0.15) is 15.9 Å². The van der Waals surface area contributed by atoms with E-state index >= 15 is 0 Å². The minimum Gasteiger partial charge on any atom is -0.494 e. The summed E-state index contributed by atoms with van der Waals surface area (Å²) in [5.74, 6) is -2.50. The number of methoxy groups -OCH3 is 1. The van der Waals surface area contributed by atoms with Crippen LogP contribution in [-0.2, 0) is 6.61 Å². The van der Waals surface area contributed by atoms with Crippen LogP contribution in [0.3, 0.4) is 0 Å². The van der Waals surface area contributed by atoms with Crippen LogP contribution in [-0.4, -0.2) is 18.2 Å². The molecule has 0 spiro atoms. The van der Waals surface area contributed by atoms with Gasteiger partial charge < -0.3 is 14.6 Å². The van der Waals surface area contributed by atoms with E-state index < -0.39 is 17.3 Å². The molecule has 0 bridgehead atoms. The number of carboxylic acid groups (broad SMARTS) is 1. The highest BCUT2D eigenvalue weighted by Crippen LogP contribution is 2.29. The largest absolute Gasteiger partial charge is 0.494 e. The lowest BCUT2D eigenvalue weighted by molar-refractivity contribution is 0.0685. The maximum Gasteiger partial charge on any atom is 0.342 e. The van der Waals surface area contributed by atoms with Crippen LogP contribution in [0.4, 0.5) is 4.39 Å². The average Bonchev–Trinajstić information content (AvgIpc) is 2.45. The van der Waals surface area contributed by atoms with E-state index in [9.17, 15) is 9.18 Å². The van der Waals surface area contributed by atoms with E-state index in [4.69, 9.17) is 14.6 Å². The summed E-state index contributed by atoms with van der Waals surface area (Å²) < 4.78 is 24.1. The maximum atomic E-state index is 13.9. The zero-order valence-corrected chi connectivity index (χ0v) is 10.8. The van der Waals surface area contributed by atoms with Gasteiger partial charge in [0.15, 0.2) is 11.6 Å². The highest BCUT2D eigenvalue weighted by atomic mass is 19.1. The Balaban J connectivity index is 2.27. The molecule has 0 radical (unpaired) electrons. The van der Waals surface area contributed by atoms with E-state index in [0.29, 0.717) is 0 Å². The van der Waals surface area contributed by atoms with E-state index in [1.54, 1.807) is 0 Å². The molecule has 0 atom stereocenters. The molecule has 1 N–H and O–H groups in total. The molecule has 0 unspecified atom stereocenters. The smallest absolute Gasteiger partial charge is 0.342 e. The van der Waals surface area contributed by atoms with Gasteiger partial charge in [0.2, 0.25) is 0 Å². The first-order valence-electron chi connectivity index (χ1n) is 5.90. The summed E-state index contributed by atoms with van der Waals surface area (Å²) in [6.07, 6.45) is 0. The van der Waals surface area contributed by atoms with Crippen molar-refractivity contribution < 1.29 is 23.8 Å². The van der Waals surface area contributed by atoms with Gasteiger partial charge in [0.25, 0.3) is 0 Å². The van der Waals surface area contributed by atoms with Crippen molar-refractivity contribution in [2.75, 3.05) is 7.11 Å². The van der Waals surface area contributed by atoms with Gasteiger partial charge in [0.1, 0.15) is 17.9 Å². The van der Waals surface area contributed by atoms with Crippen molar-refractivity contribution in [2.45, 2.75) is 6.61 Å². The van der Waals surface area contributed by atoms with Crippen LogP contribution in [0, 0.1) is 5.82 Å². The Bertz CT molecular complexity index is 611. The van der Waals surface area contributed by atoms with Crippen LogP contribution in [0.5, 0.6) is 11.5 Å². The van der Waals surface area contributed by atoms with Crippen molar-refractivity contribution in [1.29, 1.82) is 0 Å². The molecule has 0 aromatic heterocycles. The molecule has 0 aliphatic rings. The first-order chi connectivity index (χ1) is 9.63. The lowest BCUT2D eigenvalue weighted by Gasteiger charge is -2.12. The third-order valence-corrected chi connectivity index (χ3v) is 2.74. The van der Waals surface area contributed by atoms with Crippen LogP contribution in [0.25, 0.3) is 0 Å². The Kier molecular flexibility index (Phi) is 4.20. The minimum atomic E-state index is -1.40. The van der Waals surface area contributed by atoms with Crippen molar-refractivity contribution in [3.8, 4) is 11.5 Å². The second-order valence-electron chi connectivity index (χ2n) is 4.03. The van der Waals surface area contributed by atoms with Crippen LogP contribution in [0.2, 0.25) is 0 Å². The number of rotatable bonds is 5. The minimum absolute atomic E-state index is 0.0281. The number of hydrogen-bond acceptors (Lipinski definition) is 3. The van der Waals surface area contributed by atoms with Crippen LogP contribution < -0.4 is 9.47 Å². The van der Waals surface area contributed by atoms with Gasteiger partial charge >= 0.3 is 5.97 Å². The molecule has 0 aliphatic heterocycles. The molecule has 0 fully saturated rings. The van der Waals surface area contributed by atoms with Gasteiger partial charge in [-0.2, -0.15) is 0 Å². The summed E-state index contributed by atoms with van der Waals surface area (Å²) in [6, 6.07) is 11.9. The quantitative estimate of drug-likeness (QED) is 0.911. The summed E-state index contributed by atoms with van der Waals surface area (Å²) in [6.45, 7) is 0.160. The highest BCUT2D eigenvalue weighted by Gasteiger charge is 2.21. The van der Waals surface area contributed by atoms with Gasteiger partial charge in [-0.1, -0.05) is 30.3 Å². The molecule has 104 valence electrons. The average molecular weight is 276 g/mol. The fourth-order valence-corrected chi connectivity index (χ4v) is 1.75. The number of carbonyl (C=O) groups is 1. The number of aromatic carboxylic acids is 1. The van der Waals surface area contributed by atoms with Gasteiger partial charge in [0, 0.05) is 0 Å². The SMILES string of the molecule is COc1ccc(OCc2ccccc2)c(C(=O)O)c1F. The molecule has 2 rings (SSSR count). The Morgan fingerprint density at radius 1 is 1.15 bits per heavy atom. The third-order valence-electron chi connectivity index (χ3n) is 2.74. The van der Waals surface area contributed by atoms with Crippen LogP contribution >= 0.6 is 0 Å². The second kappa shape index (κ2) is 6.06. The van der Waals surface area contributed by atoms with Crippen molar-refractivity contribution in [1.82, 2.24) is 0 Å². The van der Waals surface area contributed by atoms with Gasteiger partial charge in [-0.15, -0.1) is 0 Å². The predicted octanol–water partition coefficient (Wildman–Crippen LogP) is 3.11. The first kappa shape index (κ1) is 13.9. The Labute approximate surface area is 115 Å². The Morgan fingerprint density at radius 3 is 2.40 bits per heavy atom. The Morgan fingerprint density at radius 2 is 1.80 bits per heavy atom. The summed E-state index contributed by atoms with van der Waals surface area (Å²) in [7, 11) is 1.27. The van der Waals surface area contributed by atoms with Gasteiger partial charge in [-0.3, -0.25) is 0 Å². The number of hydrogen-bond donors (Lipinski definition) is 1. The fraction of sp³-hybridized carbons (Fsp3) is 0.133. The number of carboxylic acids is 1. The zero-order valence-electron chi connectivity index (χ0n) is 10.8. The lowest BCUT2D eigenvalue weighted by Crippen LogP contribution is -2.07. The molecule has 20 heavy (non-hydrogen) atoms. The van der Waals surface area contributed by atoms with E-state index in [2.05, 4.69) is 0 Å².